The average molecular weight is 205 g/mol. The maximum atomic E-state index is 10.7. The first-order valence-corrected chi connectivity index (χ1v) is 5.30. The van der Waals surface area contributed by atoms with Crippen LogP contribution in [-0.2, 0) is 11.2 Å². The van der Waals surface area contributed by atoms with Crippen LogP contribution < -0.4 is 0 Å². The van der Waals surface area contributed by atoms with Gasteiger partial charge in [-0.05, 0) is 42.4 Å². The summed E-state index contributed by atoms with van der Waals surface area (Å²) in [4.78, 5) is 14.7. The molecule has 3 unspecified atom stereocenters. The van der Waals surface area contributed by atoms with Crippen molar-refractivity contribution in [2.24, 2.45) is 17.8 Å². The van der Waals surface area contributed by atoms with Gasteiger partial charge in [0.15, 0.2) is 0 Å². The zero-order valence-corrected chi connectivity index (χ0v) is 8.76. The molecule has 0 saturated heterocycles. The molecule has 0 aromatic carbocycles. The molecule has 0 spiro atoms. The molecule has 1 saturated carbocycles. The number of carbonyl (C=O) groups is 1. The van der Waals surface area contributed by atoms with Crippen molar-refractivity contribution >= 4 is 5.97 Å². The van der Waals surface area contributed by atoms with E-state index in [1.807, 2.05) is 12.1 Å². The molecule has 0 radical (unpaired) electrons. The van der Waals surface area contributed by atoms with E-state index in [0.717, 1.165) is 12.8 Å². The zero-order chi connectivity index (χ0) is 10.8. The maximum Gasteiger partial charge on any atom is 0.306 e. The van der Waals surface area contributed by atoms with Crippen LogP contribution in [0.2, 0.25) is 0 Å². The Balaban J connectivity index is 1.89. The number of aliphatic carboxylic acids is 1. The lowest BCUT2D eigenvalue weighted by atomic mass is 9.96. The van der Waals surface area contributed by atoms with E-state index in [1.54, 1.807) is 12.4 Å². The van der Waals surface area contributed by atoms with E-state index >= 15 is 0 Å². The number of hydrogen-bond donors (Lipinski definition) is 1. The van der Waals surface area contributed by atoms with Gasteiger partial charge in [0.2, 0.25) is 0 Å². The van der Waals surface area contributed by atoms with Gasteiger partial charge in [-0.15, -0.1) is 0 Å². The molecule has 1 fully saturated rings. The highest BCUT2D eigenvalue weighted by Crippen LogP contribution is 2.45. The fourth-order valence-electron chi connectivity index (χ4n) is 2.17. The first-order chi connectivity index (χ1) is 7.18. The van der Waals surface area contributed by atoms with Crippen molar-refractivity contribution in [1.82, 2.24) is 4.98 Å². The van der Waals surface area contributed by atoms with Gasteiger partial charge in [-0.1, -0.05) is 6.92 Å². The summed E-state index contributed by atoms with van der Waals surface area (Å²) in [5, 5.41) is 8.83. The topological polar surface area (TPSA) is 50.2 Å². The molecule has 1 aromatic rings. The summed E-state index contributed by atoms with van der Waals surface area (Å²) < 4.78 is 0. The molecule has 1 aliphatic rings. The van der Waals surface area contributed by atoms with Gasteiger partial charge in [0.05, 0.1) is 5.92 Å². The smallest absolute Gasteiger partial charge is 0.306 e. The third kappa shape index (κ3) is 2.35. The lowest BCUT2D eigenvalue weighted by molar-refractivity contribution is -0.139. The molecule has 1 heterocycles. The van der Waals surface area contributed by atoms with E-state index in [0.29, 0.717) is 11.8 Å². The Labute approximate surface area is 89.2 Å². The highest BCUT2D eigenvalue weighted by atomic mass is 16.4. The van der Waals surface area contributed by atoms with Gasteiger partial charge in [0, 0.05) is 12.4 Å². The van der Waals surface area contributed by atoms with Gasteiger partial charge in [-0.3, -0.25) is 9.78 Å². The summed E-state index contributed by atoms with van der Waals surface area (Å²) in [6.07, 6.45) is 5.37. The highest BCUT2D eigenvalue weighted by Gasteiger charge is 2.45. The van der Waals surface area contributed by atoms with Crippen molar-refractivity contribution in [2.75, 3.05) is 0 Å². The summed E-state index contributed by atoms with van der Waals surface area (Å²) in [5.74, 6) is 0.0904. The predicted octanol–water partition coefficient (Wildman–Crippen LogP) is 1.98. The Morgan fingerprint density at radius 3 is 2.80 bits per heavy atom. The van der Waals surface area contributed by atoms with E-state index < -0.39 is 5.97 Å². The Kier molecular flexibility index (Phi) is 2.71. The maximum absolute atomic E-state index is 10.7. The van der Waals surface area contributed by atoms with Gasteiger partial charge in [0.25, 0.3) is 0 Å². The van der Waals surface area contributed by atoms with Gasteiger partial charge >= 0.3 is 5.97 Å². The SMILES string of the molecule is CC(Cc1ccncc1)C1CC1C(=O)O. The molecule has 3 atom stereocenters. The number of carboxylic acids is 1. The molecular weight excluding hydrogens is 190 g/mol. The summed E-state index contributed by atoms with van der Waals surface area (Å²) in [6, 6.07) is 3.99. The minimum Gasteiger partial charge on any atom is -0.481 e. The van der Waals surface area contributed by atoms with Gasteiger partial charge in [0.1, 0.15) is 0 Å². The molecule has 0 amide bonds. The molecule has 1 N–H and O–H groups in total. The minimum atomic E-state index is -0.637. The minimum absolute atomic E-state index is 0.0955. The van der Waals surface area contributed by atoms with Crippen LogP contribution in [0.1, 0.15) is 18.9 Å². The number of carboxylic acid groups (broad SMARTS) is 1. The van der Waals surface area contributed by atoms with E-state index in [-0.39, 0.29) is 5.92 Å². The molecule has 2 rings (SSSR count). The molecule has 80 valence electrons. The average Bonchev–Trinajstić information content (AvgIpc) is 2.98. The van der Waals surface area contributed by atoms with Crippen molar-refractivity contribution in [1.29, 1.82) is 0 Å². The van der Waals surface area contributed by atoms with Crippen molar-refractivity contribution < 1.29 is 9.90 Å². The highest BCUT2D eigenvalue weighted by molar-refractivity contribution is 5.73. The van der Waals surface area contributed by atoms with E-state index in [4.69, 9.17) is 5.11 Å². The number of aromatic nitrogens is 1. The second kappa shape index (κ2) is 4.01. The second-order valence-corrected chi connectivity index (χ2v) is 4.38. The molecule has 0 aliphatic heterocycles. The van der Waals surface area contributed by atoms with E-state index in [2.05, 4.69) is 11.9 Å². The quantitative estimate of drug-likeness (QED) is 0.817. The zero-order valence-electron chi connectivity index (χ0n) is 8.76. The molecule has 3 nitrogen and oxygen atoms in total. The second-order valence-electron chi connectivity index (χ2n) is 4.38. The van der Waals surface area contributed by atoms with Crippen molar-refractivity contribution in [3.8, 4) is 0 Å². The summed E-state index contributed by atoms with van der Waals surface area (Å²) >= 11 is 0. The Morgan fingerprint density at radius 1 is 1.60 bits per heavy atom. The largest absolute Gasteiger partial charge is 0.481 e. The van der Waals surface area contributed by atoms with Gasteiger partial charge in [-0.25, -0.2) is 0 Å². The normalized spacial score (nSPS) is 25.9. The molecule has 15 heavy (non-hydrogen) atoms. The van der Waals surface area contributed by atoms with Crippen molar-refractivity contribution in [3.63, 3.8) is 0 Å². The van der Waals surface area contributed by atoms with Crippen LogP contribution in [0.4, 0.5) is 0 Å². The fraction of sp³-hybridized carbons (Fsp3) is 0.500. The van der Waals surface area contributed by atoms with Crippen molar-refractivity contribution in [3.05, 3.63) is 30.1 Å². The van der Waals surface area contributed by atoms with E-state index in [9.17, 15) is 4.79 Å². The monoisotopic (exact) mass is 205 g/mol. The number of rotatable bonds is 4. The van der Waals surface area contributed by atoms with Crippen LogP contribution >= 0.6 is 0 Å². The third-order valence-corrected chi connectivity index (χ3v) is 3.19. The number of nitrogens with zero attached hydrogens (tertiary/aromatic N) is 1. The van der Waals surface area contributed by atoms with Crippen molar-refractivity contribution in [2.45, 2.75) is 19.8 Å². The third-order valence-electron chi connectivity index (χ3n) is 3.19. The number of hydrogen-bond acceptors (Lipinski definition) is 2. The Morgan fingerprint density at radius 2 is 2.27 bits per heavy atom. The predicted molar refractivity (Wildman–Crippen MR) is 56.3 cm³/mol. The van der Waals surface area contributed by atoms with Crippen LogP contribution in [0.5, 0.6) is 0 Å². The molecule has 1 aromatic heterocycles. The van der Waals surface area contributed by atoms with Gasteiger partial charge < -0.3 is 5.11 Å². The van der Waals surface area contributed by atoms with Crippen LogP contribution in [0, 0.1) is 17.8 Å². The Bertz CT molecular complexity index is 350. The van der Waals surface area contributed by atoms with Crippen LogP contribution in [0.3, 0.4) is 0 Å². The van der Waals surface area contributed by atoms with Gasteiger partial charge in [-0.2, -0.15) is 0 Å². The summed E-state index contributed by atoms with van der Waals surface area (Å²) in [6.45, 7) is 2.13. The first-order valence-electron chi connectivity index (χ1n) is 5.30. The van der Waals surface area contributed by atoms with Crippen LogP contribution in [0.25, 0.3) is 0 Å². The lowest BCUT2D eigenvalue weighted by Crippen LogP contribution is -2.08. The number of pyridine rings is 1. The molecular formula is C12H15NO2. The van der Waals surface area contributed by atoms with Crippen LogP contribution in [-0.4, -0.2) is 16.1 Å². The standard InChI is InChI=1S/C12H15NO2/c1-8(10-7-11(10)12(14)15)6-9-2-4-13-5-3-9/h2-5,8,10-11H,6-7H2,1H3,(H,14,15). The summed E-state index contributed by atoms with van der Waals surface area (Å²) in [7, 11) is 0. The fourth-order valence-corrected chi connectivity index (χ4v) is 2.17. The molecule has 3 heteroatoms. The van der Waals surface area contributed by atoms with Crippen LogP contribution in [0.15, 0.2) is 24.5 Å². The first kappa shape index (κ1) is 10.1. The molecule has 0 bridgehead atoms. The summed E-state index contributed by atoms with van der Waals surface area (Å²) in [5.41, 5.74) is 1.24. The Hall–Kier alpha value is -1.38. The lowest BCUT2D eigenvalue weighted by Gasteiger charge is -2.09. The molecule has 1 aliphatic carbocycles. The van der Waals surface area contributed by atoms with E-state index in [1.165, 1.54) is 5.56 Å².